The van der Waals surface area contributed by atoms with Gasteiger partial charge in [-0.25, -0.2) is 9.37 Å². The lowest BCUT2D eigenvalue weighted by Crippen LogP contribution is -2.12. The van der Waals surface area contributed by atoms with Gasteiger partial charge in [-0.05, 0) is 24.6 Å². The zero-order valence-electron chi connectivity index (χ0n) is 10.4. The van der Waals surface area contributed by atoms with Crippen LogP contribution in [-0.4, -0.2) is 16.7 Å². The van der Waals surface area contributed by atoms with E-state index in [0.29, 0.717) is 16.4 Å². The number of nitrogens with one attached hydrogen (secondary N) is 1. The Hall–Kier alpha value is -2.08. The van der Waals surface area contributed by atoms with Crippen LogP contribution in [0.25, 0.3) is 0 Å². The van der Waals surface area contributed by atoms with Crippen molar-refractivity contribution in [3.8, 4) is 0 Å². The number of benzene rings is 1. The number of Topliss-reactive ketones (excluding diaryl/α,β-unsaturated/α-hetero) is 1. The number of carbonyl (C=O) groups excluding carboxylic acids is 2. The molecule has 0 fully saturated rings. The van der Waals surface area contributed by atoms with Crippen LogP contribution in [0.1, 0.15) is 33.3 Å². The molecule has 0 spiro atoms. The lowest BCUT2D eigenvalue weighted by Gasteiger charge is -2.03. The summed E-state index contributed by atoms with van der Waals surface area (Å²) >= 11 is 1.15. The van der Waals surface area contributed by atoms with E-state index in [1.807, 2.05) is 0 Å². The number of thiazole rings is 1. The lowest BCUT2D eigenvalue weighted by molar-refractivity contribution is 0.100. The Morgan fingerprint density at radius 1 is 1.37 bits per heavy atom. The van der Waals surface area contributed by atoms with Gasteiger partial charge in [0.25, 0.3) is 5.91 Å². The van der Waals surface area contributed by atoms with E-state index in [-0.39, 0.29) is 11.3 Å². The molecule has 1 aromatic carbocycles. The van der Waals surface area contributed by atoms with Crippen LogP contribution in [0.5, 0.6) is 0 Å². The van der Waals surface area contributed by atoms with Crippen molar-refractivity contribution < 1.29 is 14.0 Å². The van der Waals surface area contributed by atoms with Crippen LogP contribution < -0.4 is 5.32 Å². The zero-order valence-corrected chi connectivity index (χ0v) is 11.2. The Balaban J connectivity index is 2.15. The number of carbonyl (C=O) groups is 2. The monoisotopic (exact) mass is 278 g/mol. The van der Waals surface area contributed by atoms with E-state index < -0.39 is 11.7 Å². The molecule has 98 valence electrons. The predicted molar refractivity (Wildman–Crippen MR) is 71.2 cm³/mol. The van der Waals surface area contributed by atoms with Gasteiger partial charge in [-0.15, -0.1) is 11.3 Å². The minimum absolute atomic E-state index is 0.168. The van der Waals surface area contributed by atoms with Crippen LogP contribution in [0, 0.1) is 12.7 Å². The molecule has 0 aliphatic rings. The molecule has 6 heteroatoms. The van der Waals surface area contributed by atoms with Gasteiger partial charge in [-0.3, -0.25) is 14.9 Å². The molecule has 0 unspecified atom stereocenters. The maximum absolute atomic E-state index is 13.4. The number of aryl methyl sites for hydroxylation is 1. The number of hydrogen-bond donors (Lipinski definition) is 1. The number of hydrogen-bond acceptors (Lipinski definition) is 4. The molecule has 0 saturated heterocycles. The van der Waals surface area contributed by atoms with Gasteiger partial charge < -0.3 is 0 Å². The molecule has 4 nitrogen and oxygen atoms in total. The Bertz CT molecular complexity index is 652. The highest BCUT2D eigenvalue weighted by atomic mass is 32.1. The van der Waals surface area contributed by atoms with Crippen molar-refractivity contribution in [2.45, 2.75) is 13.8 Å². The van der Waals surface area contributed by atoms with Crippen molar-refractivity contribution in [2.75, 3.05) is 5.32 Å². The molecule has 0 aliphatic carbocycles. The van der Waals surface area contributed by atoms with E-state index in [9.17, 15) is 14.0 Å². The normalized spacial score (nSPS) is 10.3. The van der Waals surface area contributed by atoms with Gasteiger partial charge in [-0.1, -0.05) is 6.07 Å². The van der Waals surface area contributed by atoms with Crippen LogP contribution in [0.3, 0.4) is 0 Å². The Morgan fingerprint density at radius 3 is 2.68 bits per heavy atom. The number of nitrogens with zero attached hydrogens (tertiary/aromatic N) is 1. The van der Waals surface area contributed by atoms with Gasteiger partial charge in [0.1, 0.15) is 11.5 Å². The van der Waals surface area contributed by atoms with Crippen molar-refractivity contribution >= 4 is 28.2 Å². The predicted octanol–water partition coefficient (Wildman–Crippen LogP) is 3.05. The van der Waals surface area contributed by atoms with Crippen LogP contribution in [0.4, 0.5) is 9.52 Å². The molecule has 1 amide bonds. The van der Waals surface area contributed by atoms with E-state index in [4.69, 9.17) is 0 Å². The summed E-state index contributed by atoms with van der Waals surface area (Å²) in [5, 5.41) is 4.41. The topological polar surface area (TPSA) is 59.1 Å². The first kappa shape index (κ1) is 13.4. The molecule has 2 rings (SSSR count). The fourth-order valence-electron chi connectivity index (χ4n) is 1.40. The van der Waals surface area contributed by atoms with E-state index in [2.05, 4.69) is 10.3 Å². The van der Waals surface area contributed by atoms with E-state index in [1.165, 1.54) is 25.1 Å². The van der Waals surface area contributed by atoms with Crippen molar-refractivity contribution in [1.82, 2.24) is 4.98 Å². The minimum atomic E-state index is -0.455. The third kappa shape index (κ3) is 3.03. The molecular weight excluding hydrogens is 267 g/mol. The lowest BCUT2D eigenvalue weighted by atomic mass is 10.1. The molecular formula is C13H11FN2O2S. The minimum Gasteiger partial charge on any atom is -0.298 e. The third-order valence-corrected chi connectivity index (χ3v) is 3.28. The van der Waals surface area contributed by atoms with Gasteiger partial charge >= 0.3 is 0 Å². The summed E-state index contributed by atoms with van der Waals surface area (Å²) in [6.45, 7) is 3.02. The van der Waals surface area contributed by atoms with Crippen molar-refractivity contribution in [3.63, 3.8) is 0 Å². The summed E-state index contributed by atoms with van der Waals surface area (Å²) in [6, 6.07) is 4.24. The summed E-state index contributed by atoms with van der Waals surface area (Å²) in [5.41, 5.74) is 0.989. The Labute approximate surface area is 113 Å². The van der Waals surface area contributed by atoms with E-state index in [1.54, 1.807) is 12.3 Å². The van der Waals surface area contributed by atoms with Crippen LogP contribution in [0.2, 0.25) is 0 Å². The SMILES string of the molecule is CC(=O)c1csc(NC(=O)c2ccc(C)c(F)c2)n1. The molecule has 0 bridgehead atoms. The third-order valence-electron chi connectivity index (χ3n) is 2.52. The molecule has 0 radical (unpaired) electrons. The second-order valence-corrected chi connectivity index (χ2v) is 4.87. The molecule has 19 heavy (non-hydrogen) atoms. The van der Waals surface area contributed by atoms with Gasteiger partial charge in [-0.2, -0.15) is 0 Å². The van der Waals surface area contributed by atoms with Crippen LogP contribution in [-0.2, 0) is 0 Å². The first-order valence-corrected chi connectivity index (χ1v) is 6.39. The van der Waals surface area contributed by atoms with E-state index >= 15 is 0 Å². The fraction of sp³-hybridized carbons (Fsp3) is 0.154. The zero-order chi connectivity index (χ0) is 14.0. The summed E-state index contributed by atoms with van der Waals surface area (Å²) in [4.78, 5) is 26.9. The standard InChI is InChI=1S/C13H11FN2O2S/c1-7-3-4-9(5-10(7)14)12(18)16-13-15-11(6-19-13)8(2)17/h3-6H,1-2H3,(H,15,16,18). The number of ketones is 1. The summed E-state index contributed by atoms with van der Waals surface area (Å²) in [6.07, 6.45) is 0. The number of anilines is 1. The number of halogens is 1. The van der Waals surface area contributed by atoms with Gasteiger partial charge in [0, 0.05) is 17.9 Å². The fourth-order valence-corrected chi connectivity index (χ4v) is 2.14. The summed E-state index contributed by atoms with van der Waals surface area (Å²) in [5.74, 6) is -1.06. The average Bonchev–Trinajstić information content (AvgIpc) is 2.81. The first-order valence-electron chi connectivity index (χ1n) is 5.51. The van der Waals surface area contributed by atoms with Gasteiger partial charge in [0.2, 0.25) is 0 Å². The maximum atomic E-state index is 13.4. The average molecular weight is 278 g/mol. The molecule has 2 aromatic rings. The number of aromatic nitrogens is 1. The molecule has 1 heterocycles. The second-order valence-electron chi connectivity index (χ2n) is 4.01. The molecule has 0 saturated carbocycles. The maximum Gasteiger partial charge on any atom is 0.257 e. The van der Waals surface area contributed by atoms with Crippen LogP contribution >= 0.6 is 11.3 Å². The Morgan fingerprint density at radius 2 is 2.11 bits per heavy atom. The molecule has 0 aliphatic heterocycles. The number of amides is 1. The first-order chi connectivity index (χ1) is 8.97. The van der Waals surface area contributed by atoms with Crippen LogP contribution in [0.15, 0.2) is 23.6 Å². The van der Waals surface area contributed by atoms with Crippen molar-refractivity contribution in [1.29, 1.82) is 0 Å². The van der Waals surface area contributed by atoms with E-state index in [0.717, 1.165) is 11.3 Å². The van der Waals surface area contributed by atoms with Crippen molar-refractivity contribution in [3.05, 3.63) is 46.2 Å². The van der Waals surface area contributed by atoms with Gasteiger partial charge in [0.15, 0.2) is 10.9 Å². The largest absolute Gasteiger partial charge is 0.298 e. The molecule has 1 N–H and O–H groups in total. The molecule has 0 atom stereocenters. The quantitative estimate of drug-likeness (QED) is 0.878. The smallest absolute Gasteiger partial charge is 0.257 e. The highest BCUT2D eigenvalue weighted by molar-refractivity contribution is 7.14. The highest BCUT2D eigenvalue weighted by Gasteiger charge is 2.12. The summed E-state index contributed by atoms with van der Waals surface area (Å²) < 4.78 is 13.4. The van der Waals surface area contributed by atoms with Crippen molar-refractivity contribution in [2.24, 2.45) is 0 Å². The second kappa shape index (κ2) is 5.27. The Kier molecular flexibility index (Phi) is 3.71. The summed E-state index contributed by atoms with van der Waals surface area (Å²) in [7, 11) is 0. The van der Waals surface area contributed by atoms with Gasteiger partial charge in [0.05, 0.1) is 0 Å². The number of rotatable bonds is 3. The molecule has 1 aromatic heterocycles. The highest BCUT2D eigenvalue weighted by Crippen LogP contribution is 2.17.